The molecule has 8 heavy (non-hydrogen) atoms. The standard InChI is InChI=1S/C6H10NS/c1-6-7(2)4-3-5-8-6/h3-4H,5H2,1-2H3/q+1. The largest absolute Gasteiger partial charge is 0.212 e. The van der Waals surface area contributed by atoms with Gasteiger partial charge in [0, 0.05) is 12.7 Å². The SMILES string of the molecule is CC1=[N+](C)C=CCS1. The summed E-state index contributed by atoms with van der Waals surface area (Å²) in [5.41, 5.74) is 0. The van der Waals surface area contributed by atoms with Crippen LogP contribution in [0.2, 0.25) is 0 Å². The van der Waals surface area contributed by atoms with E-state index in [0.717, 1.165) is 5.75 Å². The highest BCUT2D eigenvalue weighted by atomic mass is 32.2. The van der Waals surface area contributed by atoms with Crippen LogP contribution in [0.5, 0.6) is 0 Å². The molecule has 0 amide bonds. The summed E-state index contributed by atoms with van der Waals surface area (Å²) in [6.07, 6.45) is 4.27. The van der Waals surface area contributed by atoms with Gasteiger partial charge in [0.05, 0.1) is 0 Å². The Morgan fingerprint density at radius 2 is 2.50 bits per heavy atom. The minimum absolute atomic E-state index is 1.14. The highest BCUT2D eigenvalue weighted by Crippen LogP contribution is 2.07. The number of thioether (sulfide) groups is 1. The Morgan fingerprint density at radius 1 is 1.75 bits per heavy atom. The van der Waals surface area contributed by atoms with Gasteiger partial charge < -0.3 is 0 Å². The molecule has 0 radical (unpaired) electrons. The summed E-state index contributed by atoms with van der Waals surface area (Å²) in [6.45, 7) is 2.13. The summed E-state index contributed by atoms with van der Waals surface area (Å²) >= 11 is 1.88. The zero-order valence-corrected chi connectivity index (χ0v) is 6.03. The van der Waals surface area contributed by atoms with Gasteiger partial charge in [-0.25, -0.2) is 4.58 Å². The summed E-state index contributed by atoms with van der Waals surface area (Å²) in [4.78, 5) is 0. The molecule has 1 aliphatic heterocycles. The number of hydrogen-bond acceptors (Lipinski definition) is 1. The van der Waals surface area contributed by atoms with E-state index in [9.17, 15) is 0 Å². The molecular weight excluding hydrogens is 118 g/mol. The summed E-state index contributed by atoms with van der Waals surface area (Å²) in [5, 5.41) is 1.38. The van der Waals surface area contributed by atoms with Gasteiger partial charge in [-0.3, -0.25) is 0 Å². The van der Waals surface area contributed by atoms with E-state index in [1.807, 2.05) is 11.8 Å². The van der Waals surface area contributed by atoms with Crippen LogP contribution in [0, 0.1) is 0 Å². The molecule has 1 aliphatic rings. The van der Waals surface area contributed by atoms with Gasteiger partial charge in [-0.15, -0.1) is 0 Å². The molecule has 44 valence electrons. The minimum atomic E-state index is 1.14. The second-order valence-electron chi connectivity index (χ2n) is 1.83. The number of nitrogens with zero attached hydrogens (tertiary/aromatic N) is 1. The summed E-state index contributed by atoms with van der Waals surface area (Å²) in [6, 6.07) is 0. The van der Waals surface area contributed by atoms with E-state index in [0.29, 0.717) is 0 Å². The third kappa shape index (κ3) is 1.13. The number of rotatable bonds is 0. The van der Waals surface area contributed by atoms with Crippen LogP contribution >= 0.6 is 11.8 Å². The first-order valence-electron chi connectivity index (χ1n) is 2.66. The van der Waals surface area contributed by atoms with Crippen LogP contribution < -0.4 is 0 Å². The Bertz CT molecular complexity index is 147. The van der Waals surface area contributed by atoms with Crippen molar-refractivity contribution in [2.45, 2.75) is 6.92 Å². The topological polar surface area (TPSA) is 3.01 Å². The van der Waals surface area contributed by atoms with Gasteiger partial charge in [0.25, 0.3) is 0 Å². The average molecular weight is 128 g/mol. The zero-order chi connectivity index (χ0) is 5.98. The molecule has 0 bridgehead atoms. The molecule has 1 rings (SSSR count). The monoisotopic (exact) mass is 128 g/mol. The van der Waals surface area contributed by atoms with Gasteiger partial charge in [0.2, 0.25) is 5.04 Å². The van der Waals surface area contributed by atoms with Gasteiger partial charge in [0.1, 0.15) is 7.05 Å². The van der Waals surface area contributed by atoms with Crippen molar-refractivity contribution >= 4 is 16.8 Å². The van der Waals surface area contributed by atoms with Crippen LogP contribution in [-0.2, 0) is 0 Å². The molecule has 0 unspecified atom stereocenters. The highest BCUT2D eigenvalue weighted by Gasteiger charge is 2.04. The normalized spacial score (nSPS) is 19.8. The fourth-order valence-corrected chi connectivity index (χ4v) is 1.26. The van der Waals surface area contributed by atoms with Crippen LogP contribution in [0.1, 0.15) is 6.92 Å². The quantitative estimate of drug-likeness (QED) is 0.444. The predicted octanol–water partition coefficient (Wildman–Crippen LogP) is 1.31. The molecule has 0 atom stereocenters. The van der Waals surface area contributed by atoms with Gasteiger partial charge in [-0.1, -0.05) is 11.8 Å². The van der Waals surface area contributed by atoms with Gasteiger partial charge >= 0.3 is 0 Å². The van der Waals surface area contributed by atoms with Gasteiger partial charge in [-0.2, -0.15) is 0 Å². The predicted molar refractivity (Wildman–Crippen MR) is 38.5 cm³/mol. The molecule has 1 nitrogen and oxygen atoms in total. The molecule has 0 aromatic heterocycles. The maximum Gasteiger partial charge on any atom is 0.212 e. The lowest BCUT2D eigenvalue weighted by molar-refractivity contribution is -0.419. The zero-order valence-electron chi connectivity index (χ0n) is 5.22. The average Bonchev–Trinajstić information content (AvgIpc) is 1.77. The van der Waals surface area contributed by atoms with Crippen LogP contribution in [0.15, 0.2) is 12.3 Å². The Hall–Kier alpha value is -0.240. The van der Waals surface area contributed by atoms with E-state index in [1.54, 1.807) is 0 Å². The molecule has 0 aliphatic carbocycles. The van der Waals surface area contributed by atoms with Crippen molar-refractivity contribution in [1.29, 1.82) is 0 Å². The summed E-state index contributed by atoms with van der Waals surface area (Å²) < 4.78 is 2.13. The first-order valence-corrected chi connectivity index (χ1v) is 3.65. The minimum Gasteiger partial charge on any atom is -0.200 e. The van der Waals surface area contributed by atoms with Crippen LogP contribution in [0.4, 0.5) is 0 Å². The summed E-state index contributed by atoms with van der Waals surface area (Å²) in [5.74, 6) is 1.14. The summed E-state index contributed by atoms with van der Waals surface area (Å²) in [7, 11) is 2.07. The smallest absolute Gasteiger partial charge is 0.200 e. The molecule has 0 aromatic carbocycles. The maximum absolute atomic E-state index is 2.16. The molecule has 0 spiro atoms. The van der Waals surface area contributed by atoms with Crippen molar-refractivity contribution < 1.29 is 4.58 Å². The maximum atomic E-state index is 2.16. The van der Waals surface area contributed by atoms with E-state index < -0.39 is 0 Å². The Morgan fingerprint density at radius 3 is 2.88 bits per heavy atom. The van der Waals surface area contributed by atoms with Crippen molar-refractivity contribution in [3.8, 4) is 0 Å². The highest BCUT2D eigenvalue weighted by molar-refractivity contribution is 8.13. The molecule has 0 saturated heterocycles. The Kier molecular flexibility index (Phi) is 1.73. The third-order valence-corrected chi connectivity index (χ3v) is 2.28. The van der Waals surface area contributed by atoms with Crippen molar-refractivity contribution in [2.75, 3.05) is 12.8 Å². The second-order valence-corrected chi connectivity index (χ2v) is 3.04. The lowest BCUT2D eigenvalue weighted by Crippen LogP contribution is -2.08. The van der Waals surface area contributed by atoms with Gasteiger partial charge in [0.15, 0.2) is 6.20 Å². The van der Waals surface area contributed by atoms with Crippen molar-refractivity contribution in [3.63, 3.8) is 0 Å². The molecule has 0 N–H and O–H groups in total. The van der Waals surface area contributed by atoms with Gasteiger partial charge in [-0.05, 0) is 6.08 Å². The van der Waals surface area contributed by atoms with Crippen molar-refractivity contribution in [3.05, 3.63) is 12.3 Å². The molecule has 0 fully saturated rings. The molecule has 0 aromatic rings. The first-order chi connectivity index (χ1) is 3.80. The van der Waals surface area contributed by atoms with E-state index in [4.69, 9.17) is 0 Å². The van der Waals surface area contributed by atoms with E-state index in [-0.39, 0.29) is 0 Å². The lowest BCUT2D eigenvalue weighted by atomic mass is 10.6. The first kappa shape index (κ1) is 5.89. The van der Waals surface area contributed by atoms with Crippen molar-refractivity contribution in [1.82, 2.24) is 0 Å². The van der Waals surface area contributed by atoms with Crippen LogP contribution in [-0.4, -0.2) is 22.4 Å². The van der Waals surface area contributed by atoms with E-state index >= 15 is 0 Å². The molecular formula is C6H10NS+. The van der Waals surface area contributed by atoms with Crippen LogP contribution in [0.3, 0.4) is 0 Å². The molecule has 1 heterocycles. The molecule has 0 saturated carbocycles. The van der Waals surface area contributed by atoms with E-state index in [2.05, 4.69) is 30.8 Å². The fourth-order valence-electron chi connectivity index (χ4n) is 0.577. The number of hydrogen-bond donors (Lipinski definition) is 0. The Labute approximate surface area is 54.1 Å². The van der Waals surface area contributed by atoms with Crippen LogP contribution in [0.25, 0.3) is 0 Å². The lowest BCUT2D eigenvalue weighted by Gasteiger charge is -1.98. The van der Waals surface area contributed by atoms with E-state index in [1.165, 1.54) is 5.04 Å². The second kappa shape index (κ2) is 2.35. The molecule has 2 heteroatoms. The Balaban J connectivity index is 2.76. The fraction of sp³-hybridized carbons (Fsp3) is 0.500. The third-order valence-electron chi connectivity index (χ3n) is 1.21. The van der Waals surface area contributed by atoms with Crippen molar-refractivity contribution in [2.24, 2.45) is 0 Å².